The Labute approximate surface area is 112 Å². The third-order valence-electron chi connectivity index (χ3n) is 3.09. The van der Waals surface area contributed by atoms with Crippen molar-refractivity contribution in [3.05, 3.63) is 35.9 Å². The average Bonchev–Trinajstić information content (AvgIpc) is 2.86. The zero-order valence-electron chi connectivity index (χ0n) is 10.0. The maximum Gasteiger partial charge on any atom is 0.318 e. The van der Waals surface area contributed by atoms with Gasteiger partial charge in [0.2, 0.25) is 5.12 Å². The first-order valence-electron chi connectivity index (χ1n) is 5.99. The molecule has 1 aliphatic heterocycles. The fraction of sp³-hybridized carbons (Fsp3) is 0.385. The van der Waals surface area contributed by atoms with Gasteiger partial charge in [-0.3, -0.25) is 4.79 Å². The van der Waals surface area contributed by atoms with Crippen molar-refractivity contribution in [2.24, 2.45) is 0 Å². The van der Waals surface area contributed by atoms with E-state index in [9.17, 15) is 9.59 Å². The quantitative estimate of drug-likeness (QED) is 0.818. The SMILES string of the molecule is O=C(S)C1CCCN1C(=O)NCc1ccccc1. The van der Waals surface area contributed by atoms with Gasteiger partial charge < -0.3 is 10.2 Å². The van der Waals surface area contributed by atoms with Crippen LogP contribution in [0.2, 0.25) is 0 Å². The molecule has 1 saturated heterocycles. The molecular weight excluding hydrogens is 248 g/mol. The van der Waals surface area contributed by atoms with Crippen molar-refractivity contribution in [1.29, 1.82) is 0 Å². The van der Waals surface area contributed by atoms with Crippen molar-refractivity contribution >= 4 is 23.8 Å². The van der Waals surface area contributed by atoms with E-state index in [1.54, 1.807) is 4.90 Å². The minimum Gasteiger partial charge on any atom is -0.334 e. The molecule has 1 N–H and O–H groups in total. The number of rotatable bonds is 3. The van der Waals surface area contributed by atoms with Gasteiger partial charge in [0, 0.05) is 13.1 Å². The summed E-state index contributed by atoms with van der Waals surface area (Å²) in [6.07, 6.45) is 1.57. The summed E-state index contributed by atoms with van der Waals surface area (Å²) in [7, 11) is 0. The molecule has 0 saturated carbocycles. The van der Waals surface area contributed by atoms with E-state index in [1.807, 2.05) is 30.3 Å². The van der Waals surface area contributed by atoms with Gasteiger partial charge in [-0.2, -0.15) is 0 Å². The monoisotopic (exact) mass is 264 g/mol. The smallest absolute Gasteiger partial charge is 0.318 e. The molecule has 0 aliphatic carbocycles. The van der Waals surface area contributed by atoms with Gasteiger partial charge in [-0.1, -0.05) is 30.3 Å². The molecule has 1 aliphatic rings. The summed E-state index contributed by atoms with van der Waals surface area (Å²) in [6.45, 7) is 1.10. The molecule has 1 heterocycles. The molecule has 96 valence electrons. The molecule has 4 nitrogen and oxygen atoms in total. The molecule has 1 unspecified atom stereocenters. The van der Waals surface area contributed by atoms with Gasteiger partial charge in [0.05, 0.1) is 0 Å². The van der Waals surface area contributed by atoms with E-state index in [0.717, 1.165) is 12.0 Å². The molecule has 1 atom stereocenters. The van der Waals surface area contributed by atoms with Gasteiger partial charge in [-0.25, -0.2) is 4.79 Å². The predicted molar refractivity (Wildman–Crippen MR) is 72.4 cm³/mol. The van der Waals surface area contributed by atoms with E-state index in [4.69, 9.17) is 0 Å². The highest BCUT2D eigenvalue weighted by Crippen LogP contribution is 2.19. The van der Waals surface area contributed by atoms with Gasteiger partial charge in [-0.15, -0.1) is 12.6 Å². The molecule has 2 amide bonds. The molecule has 0 spiro atoms. The van der Waals surface area contributed by atoms with Crippen LogP contribution < -0.4 is 5.32 Å². The maximum atomic E-state index is 12.0. The van der Waals surface area contributed by atoms with Crippen molar-refractivity contribution in [2.75, 3.05) is 6.54 Å². The largest absolute Gasteiger partial charge is 0.334 e. The van der Waals surface area contributed by atoms with Crippen LogP contribution in [0.3, 0.4) is 0 Å². The molecule has 2 rings (SSSR count). The Morgan fingerprint density at radius 3 is 2.72 bits per heavy atom. The first-order valence-corrected chi connectivity index (χ1v) is 6.44. The number of nitrogens with one attached hydrogen (secondary N) is 1. The average molecular weight is 264 g/mol. The van der Waals surface area contributed by atoms with Crippen LogP contribution in [0.5, 0.6) is 0 Å². The van der Waals surface area contributed by atoms with Gasteiger partial charge in [-0.05, 0) is 18.4 Å². The van der Waals surface area contributed by atoms with Gasteiger partial charge in [0.25, 0.3) is 0 Å². The van der Waals surface area contributed by atoms with Crippen LogP contribution in [-0.4, -0.2) is 28.6 Å². The molecule has 5 heteroatoms. The molecular formula is C13H16N2O2S. The molecule has 0 bridgehead atoms. The summed E-state index contributed by atoms with van der Waals surface area (Å²) in [5.41, 5.74) is 1.04. The third kappa shape index (κ3) is 3.04. The first kappa shape index (κ1) is 13.0. The van der Waals surface area contributed by atoms with Crippen molar-refractivity contribution in [3.8, 4) is 0 Å². The van der Waals surface area contributed by atoms with Crippen molar-refractivity contribution in [2.45, 2.75) is 25.4 Å². The molecule has 1 fully saturated rings. The van der Waals surface area contributed by atoms with Crippen molar-refractivity contribution in [1.82, 2.24) is 10.2 Å². The minimum absolute atomic E-state index is 0.191. The zero-order chi connectivity index (χ0) is 13.0. The van der Waals surface area contributed by atoms with Crippen LogP contribution in [-0.2, 0) is 11.3 Å². The Kier molecular flexibility index (Phi) is 4.25. The normalized spacial score (nSPS) is 18.7. The maximum absolute atomic E-state index is 12.0. The summed E-state index contributed by atoms with van der Waals surface area (Å²) < 4.78 is 0. The second-order valence-corrected chi connectivity index (χ2v) is 4.77. The molecule has 1 aromatic carbocycles. The predicted octanol–water partition coefficient (Wildman–Crippen LogP) is 1.82. The Morgan fingerprint density at radius 1 is 1.33 bits per heavy atom. The number of urea groups is 1. The minimum atomic E-state index is -0.371. The van der Waals surface area contributed by atoms with Crippen molar-refractivity contribution < 1.29 is 9.59 Å². The Balaban J connectivity index is 1.90. The first-order chi connectivity index (χ1) is 8.68. The second kappa shape index (κ2) is 5.91. The zero-order valence-corrected chi connectivity index (χ0v) is 10.9. The summed E-state index contributed by atoms with van der Waals surface area (Å²) in [6, 6.07) is 9.13. The highest BCUT2D eigenvalue weighted by molar-refractivity contribution is 7.96. The van der Waals surface area contributed by atoms with Crippen LogP contribution in [0.25, 0.3) is 0 Å². The number of carbonyl (C=O) groups is 2. The number of hydrogen-bond donors (Lipinski definition) is 2. The lowest BCUT2D eigenvalue weighted by Crippen LogP contribution is -2.44. The number of nitrogens with zero attached hydrogens (tertiary/aromatic N) is 1. The van der Waals surface area contributed by atoms with Crippen molar-refractivity contribution in [3.63, 3.8) is 0 Å². The van der Waals surface area contributed by atoms with E-state index in [0.29, 0.717) is 19.5 Å². The Bertz CT molecular complexity index is 436. The highest BCUT2D eigenvalue weighted by atomic mass is 32.1. The van der Waals surface area contributed by atoms with Crippen LogP contribution in [0.4, 0.5) is 4.79 Å². The number of thiol groups is 1. The molecule has 0 radical (unpaired) electrons. The van der Waals surface area contributed by atoms with Gasteiger partial charge in [0.15, 0.2) is 0 Å². The third-order valence-corrected chi connectivity index (χ3v) is 3.38. The number of amides is 2. The van der Waals surface area contributed by atoms with Crippen LogP contribution in [0, 0.1) is 0 Å². The molecule has 18 heavy (non-hydrogen) atoms. The fourth-order valence-corrected chi connectivity index (χ4v) is 2.41. The lowest BCUT2D eigenvalue weighted by Gasteiger charge is -2.22. The van der Waals surface area contributed by atoms with Crippen LogP contribution in [0.1, 0.15) is 18.4 Å². The molecule has 1 aromatic rings. The summed E-state index contributed by atoms with van der Waals surface area (Å²) in [4.78, 5) is 24.8. The van der Waals surface area contributed by atoms with E-state index < -0.39 is 0 Å². The standard InChI is InChI=1S/C13H16N2O2S/c16-12(18)11-7-4-8-15(11)13(17)14-9-10-5-2-1-3-6-10/h1-3,5-6,11H,4,7-9H2,(H,14,17)(H,16,18). The van der Waals surface area contributed by atoms with E-state index in [2.05, 4.69) is 17.9 Å². The summed E-state index contributed by atoms with van der Waals surface area (Å²) in [5, 5.41) is 2.59. The number of hydrogen-bond acceptors (Lipinski definition) is 2. The second-order valence-electron chi connectivity index (χ2n) is 4.33. The Morgan fingerprint density at radius 2 is 2.06 bits per heavy atom. The topological polar surface area (TPSA) is 49.4 Å². The van der Waals surface area contributed by atoms with Crippen LogP contribution in [0.15, 0.2) is 30.3 Å². The van der Waals surface area contributed by atoms with E-state index in [-0.39, 0.29) is 17.2 Å². The number of likely N-dealkylation sites (tertiary alicyclic amines) is 1. The lowest BCUT2D eigenvalue weighted by molar-refractivity contribution is -0.113. The lowest BCUT2D eigenvalue weighted by atomic mass is 10.2. The van der Waals surface area contributed by atoms with Gasteiger partial charge >= 0.3 is 6.03 Å². The van der Waals surface area contributed by atoms with E-state index >= 15 is 0 Å². The van der Waals surface area contributed by atoms with Gasteiger partial charge in [0.1, 0.15) is 6.04 Å². The van der Waals surface area contributed by atoms with E-state index in [1.165, 1.54) is 0 Å². The van der Waals surface area contributed by atoms with Crippen LogP contribution >= 0.6 is 12.6 Å². The Hall–Kier alpha value is -1.49. The highest BCUT2D eigenvalue weighted by Gasteiger charge is 2.32. The summed E-state index contributed by atoms with van der Waals surface area (Å²) in [5.74, 6) is 0. The summed E-state index contributed by atoms with van der Waals surface area (Å²) >= 11 is 3.82. The molecule has 0 aromatic heterocycles. The fourth-order valence-electron chi connectivity index (χ4n) is 2.14. The number of carbonyl (C=O) groups excluding carboxylic acids is 2. The number of benzene rings is 1.